The zero-order chi connectivity index (χ0) is 19.4. The van der Waals surface area contributed by atoms with Gasteiger partial charge in [-0.25, -0.2) is 4.79 Å². The smallest absolute Gasteiger partial charge is 0.319 e. The average molecular weight is 388 g/mol. The Labute approximate surface area is 163 Å². The SMILES string of the molecule is CCOc1ccc(N2C[C@@H](NC(=O)Nc3cccc(Cl)c3C)CC2=O)cc1. The second kappa shape index (κ2) is 8.31. The lowest BCUT2D eigenvalue weighted by Gasteiger charge is -2.18. The molecule has 27 heavy (non-hydrogen) atoms. The highest BCUT2D eigenvalue weighted by atomic mass is 35.5. The van der Waals surface area contributed by atoms with Crippen LogP contribution in [0, 0.1) is 6.92 Å². The molecule has 1 heterocycles. The monoisotopic (exact) mass is 387 g/mol. The highest BCUT2D eigenvalue weighted by Crippen LogP contribution is 2.25. The molecule has 7 heteroatoms. The number of amides is 3. The van der Waals surface area contributed by atoms with Crippen molar-refractivity contribution in [1.82, 2.24) is 5.32 Å². The Balaban J connectivity index is 1.60. The van der Waals surface area contributed by atoms with Gasteiger partial charge < -0.3 is 20.3 Å². The van der Waals surface area contributed by atoms with Gasteiger partial charge in [-0.2, -0.15) is 0 Å². The third-order valence-corrected chi connectivity index (χ3v) is 4.85. The molecule has 0 aromatic heterocycles. The van der Waals surface area contributed by atoms with Crippen molar-refractivity contribution < 1.29 is 14.3 Å². The Morgan fingerprint density at radius 3 is 2.70 bits per heavy atom. The van der Waals surface area contributed by atoms with E-state index in [1.807, 2.05) is 38.1 Å². The zero-order valence-corrected chi connectivity index (χ0v) is 16.0. The second-order valence-corrected chi connectivity index (χ2v) is 6.75. The van der Waals surface area contributed by atoms with E-state index < -0.39 is 0 Å². The summed E-state index contributed by atoms with van der Waals surface area (Å²) in [6.07, 6.45) is 0.259. The Hall–Kier alpha value is -2.73. The summed E-state index contributed by atoms with van der Waals surface area (Å²) < 4.78 is 5.42. The zero-order valence-electron chi connectivity index (χ0n) is 15.3. The van der Waals surface area contributed by atoms with Crippen LogP contribution < -0.4 is 20.3 Å². The highest BCUT2D eigenvalue weighted by Gasteiger charge is 2.31. The Morgan fingerprint density at radius 1 is 1.26 bits per heavy atom. The van der Waals surface area contributed by atoms with Gasteiger partial charge in [-0.15, -0.1) is 0 Å². The number of carbonyl (C=O) groups is 2. The van der Waals surface area contributed by atoms with Gasteiger partial charge in [-0.3, -0.25) is 4.79 Å². The molecule has 1 aliphatic rings. The highest BCUT2D eigenvalue weighted by molar-refractivity contribution is 6.31. The summed E-state index contributed by atoms with van der Waals surface area (Å²) in [6, 6.07) is 12.1. The fourth-order valence-electron chi connectivity index (χ4n) is 3.03. The van der Waals surface area contributed by atoms with Gasteiger partial charge in [-0.1, -0.05) is 17.7 Å². The Kier molecular flexibility index (Phi) is 5.86. The van der Waals surface area contributed by atoms with Gasteiger partial charge in [-0.05, 0) is 55.8 Å². The molecule has 1 atom stereocenters. The van der Waals surface area contributed by atoms with E-state index in [1.165, 1.54) is 0 Å². The van der Waals surface area contributed by atoms with Crippen LogP contribution >= 0.6 is 11.6 Å². The standard InChI is InChI=1S/C20H22ClN3O3/c1-3-27-16-9-7-15(8-10-16)24-12-14(11-19(24)25)22-20(26)23-18-6-4-5-17(21)13(18)2/h4-10,14H,3,11-12H2,1-2H3,(H2,22,23,26)/t14-/m0/s1. The van der Waals surface area contributed by atoms with Gasteiger partial charge >= 0.3 is 6.03 Å². The van der Waals surface area contributed by atoms with E-state index in [0.717, 1.165) is 17.0 Å². The maximum absolute atomic E-state index is 12.3. The van der Waals surface area contributed by atoms with E-state index in [4.69, 9.17) is 16.3 Å². The molecule has 0 aliphatic carbocycles. The normalized spacial score (nSPS) is 16.3. The number of rotatable bonds is 5. The van der Waals surface area contributed by atoms with Crippen molar-refractivity contribution in [3.05, 3.63) is 53.1 Å². The Morgan fingerprint density at radius 2 is 2.00 bits per heavy atom. The predicted octanol–water partition coefficient (Wildman–Crippen LogP) is 3.97. The summed E-state index contributed by atoms with van der Waals surface area (Å²) in [6.45, 7) is 4.78. The van der Waals surface area contributed by atoms with Crippen LogP contribution in [0.4, 0.5) is 16.2 Å². The van der Waals surface area contributed by atoms with Crippen molar-refractivity contribution in [1.29, 1.82) is 0 Å². The molecular weight excluding hydrogens is 366 g/mol. The molecule has 2 N–H and O–H groups in total. The van der Waals surface area contributed by atoms with E-state index in [2.05, 4.69) is 10.6 Å². The van der Waals surface area contributed by atoms with Gasteiger partial charge in [0.2, 0.25) is 5.91 Å². The molecule has 0 radical (unpaired) electrons. The summed E-state index contributed by atoms with van der Waals surface area (Å²) in [5.41, 5.74) is 2.24. The van der Waals surface area contributed by atoms with Crippen LogP contribution in [-0.4, -0.2) is 31.1 Å². The number of ether oxygens (including phenoxy) is 1. The maximum Gasteiger partial charge on any atom is 0.319 e. The third kappa shape index (κ3) is 4.52. The molecule has 0 unspecified atom stereocenters. The number of nitrogens with one attached hydrogen (secondary N) is 2. The minimum atomic E-state index is -0.355. The first kappa shape index (κ1) is 19.0. The average Bonchev–Trinajstić information content (AvgIpc) is 3.00. The van der Waals surface area contributed by atoms with E-state index in [0.29, 0.717) is 23.9 Å². The van der Waals surface area contributed by atoms with Crippen LogP contribution in [0.1, 0.15) is 18.9 Å². The van der Waals surface area contributed by atoms with Crippen LogP contribution in [0.3, 0.4) is 0 Å². The molecule has 0 bridgehead atoms. The molecule has 142 valence electrons. The maximum atomic E-state index is 12.3. The first-order valence-corrected chi connectivity index (χ1v) is 9.21. The number of carbonyl (C=O) groups excluding carboxylic acids is 2. The van der Waals surface area contributed by atoms with Gasteiger partial charge in [0.25, 0.3) is 0 Å². The molecule has 3 amide bonds. The van der Waals surface area contributed by atoms with Crippen LogP contribution in [0.25, 0.3) is 0 Å². The van der Waals surface area contributed by atoms with Crippen molar-refractivity contribution in [2.45, 2.75) is 26.3 Å². The molecule has 3 rings (SSSR count). The lowest BCUT2D eigenvalue weighted by molar-refractivity contribution is -0.117. The minimum absolute atomic E-state index is 0.0246. The van der Waals surface area contributed by atoms with Gasteiger partial charge in [0.1, 0.15) is 5.75 Å². The van der Waals surface area contributed by atoms with Crippen molar-refractivity contribution in [3.8, 4) is 5.75 Å². The number of halogens is 1. The second-order valence-electron chi connectivity index (χ2n) is 6.34. The number of hydrogen-bond donors (Lipinski definition) is 2. The fraction of sp³-hybridized carbons (Fsp3) is 0.300. The van der Waals surface area contributed by atoms with Crippen molar-refractivity contribution in [2.75, 3.05) is 23.4 Å². The molecule has 2 aromatic carbocycles. The third-order valence-electron chi connectivity index (χ3n) is 4.44. The van der Waals surface area contributed by atoms with Crippen LogP contribution in [0.5, 0.6) is 5.75 Å². The molecular formula is C20H22ClN3O3. The summed E-state index contributed by atoms with van der Waals surface area (Å²) in [4.78, 5) is 26.3. The molecule has 2 aromatic rings. The summed E-state index contributed by atoms with van der Waals surface area (Å²) in [5.74, 6) is 0.738. The van der Waals surface area contributed by atoms with E-state index in [9.17, 15) is 9.59 Å². The predicted molar refractivity (Wildman–Crippen MR) is 107 cm³/mol. The summed E-state index contributed by atoms with van der Waals surface area (Å²) in [7, 11) is 0. The lowest BCUT2D eigenvalue weighted by atomic mass is 10.2. The largest absolute Gasteiger partial charge is 0.494 e. The molecule has 1 saturated heterocycles. The number of urea groups is 1. The van der Waals surface area contributed by atoms with E-state index in [1.54, 1.807) is 23.1 Å². The van der Waals surface area contributed by atoms with Crippen molar-refractivity contribution >= 4 is 34.9 Å². The fourth-order valence-corrected chi connectivity index (χ4v) is 3.20. The minimum Gasteiger partial charge on any atom is -0.494 e. The molecule has 1 fully saturated rings. The number of hydrogen-bond acceptors (Lipinski definition) is 3. The Bertz CT molecular complexity index is 839. The van der Waals surface area contributed by atoms with Crippen molar-refractivity contribution in [3.63, 3.8) is 0 Å². The number of nitrogens with zero attached hydrogens (tertiary/aromatic N) is 1. The molecule has 0 spiro atoms. The van der Waals surface area contributed by atoms with Crippen LogP contribution in [0.15, 0.2) is 42.5 Å². The van der Waals surface area contributed by atoms with Gasteiger partial charge in [0.15, 0.2) is 0 Å². The van der Waals surface area contributed by atoms with E-state index >= 15 is 0 Å². The number of benzene rings is 2. The first-order chi connectivity index (χ1) is 13.0. The lowest BCUT2D eigenvalue weighted by Crippen LogP contribution is -2.39. The quantitative estimate of drug-likeness (QED) is 0.815. The molecule has 6 nitrogen and oxygen atoms in total. The number of anilines is 2. The molecule has 1 aliphatic heterocycles. The van der Waals surface area contributed by atoms with E-state index in [-0.39, 0.29) is 24.4 Å². The van der Waals surface area contributed by atoms with Crippen LogP contribution in [0.2, 0.25) is 5.02 Å². The summed E-state index contributed by atoms with van der Waals surface area (Å²) in [5, 5.41) is 6.23. The first-order valence-electron chi connectivity index (χ1n) is 8.83. The van der Waals surface area contributed by atoms with Crippen molar-refractivity contribution in [2.24, 2.45) is 0 Å². The van der Waals surface area contributed by atoms with Crippen LogP contribution in [-0.2, 0) is 4.79 Å². The van der Waals surface area contributed by atoms with Gasteiger partial charge in [0.05, 0.1) is 12.6 Å². The molecule has 0 saturated carbocycles. The topological polar surface area (TPSA) is 70.7 Å². The summed E-state index contributed by atoms with van der Waals surface area (Å²) >= 11 is 6.07. The van der Waals surface area contributed by atoms with Gasteiger partial charge in [0, 0.05) is 29.4 Å².